The quantitative estimate of drug-likeness (QED) is 0.776. The highest BCUT2D eigenvalue weighted by atomic mass is 32.2. The van der Waals surface area contributed by atoms with Gasteiger partial charge in [0.15, 0.2) is 0 Å². The second-order valence-electron chi connectivity index (χ2n) is 5.50. The van der Waals surface area contributed by atoms with Crippen molar-refractivity contribution in [2.24, 2.45) is 0 Å². The number of nitrogens with one attached hydrogen (secondary N) is 1. The normalized spacial score (nSPS) is 20.0. The first kappa shape index (κ1) is 15.9. The summed E-state index contributed by atoms with van der Waals surface area (Å²) in [6.45, 7) is 7.13. The first-order valence-corrected chi connectivity index (χ1v) is 9.12. The summed E-state index contributed by atoms with van der Waals surface area (Å²) in [4.78, 5) is 2.69. The third-order valence-corrected chi connectivity index (χ3v) is 5.11. The van der Waals surface area contributed by atoms with Crippen LogP contribution < -0.4 is 5.32 Å². The van der Waals surface area contributed by atoms with Gasteiger partial charge >= 0.3 is 0 Å². The van der Waals surface area contributed by atoms with Crippen LogP contribution in [0.15, 0.2) is 30.3 Å². The van der Waals surface area contributed by atoms with E-state index < -0.39 is 0 Å². The Kier molecular flexibility index (Phi) is 7.48. The number of nitrogens with zero attached hydrogens (tertiary/aromatic N) is 1. The van der Waals surface area contributed by atoms with Crippen molar-refractivity contribution in [1.29, 1.82) is 0 Å². The summed E-state index contributed by atoms with van der Waals surface area (Å²) in [6, 6.07) is 11.6. The van der Waals surface area contributed by atoms with Gasteiger partial charge < -0.3 is 5.32 Å². The molecule has 1 aromatic rings. The van der Waals surface area contributed by atoms with Crippen LogP contribution in [-0.2, 0) is 5.75 Å². The Balaban J connectivity index is 1.68. The summed E-state index contributed by atoms with van der Waals surface area (Å²) >= 11 is 2.06. The minimum Gasteiger partial charge on any atom is -0.317 e. The molecule has 112 valence electrons. The molecule has 0 aliphatic carbocycles. The monoisotopic (exact) mass is 292 g/mol. The van der Waals surface area contributed by atoms with E-state index in [0.29, 0.717) is 0 Å². The number of hydrogen-bond acceptors (Lipinski definition) is 3. The molecule has 1 heterocycles. The molecule has 0 radical (unpaired) electrons. The number of rotatable bonds is 7. The molecule has 1 unspecified atom stereocenters. The maximum absolute atomic E-state index is 3.51. The standard InChI is InChI=1S/C17H28N2S/c1-2-19(17-9-6-11-18-12-10-17)13-14-20-15-16-7-4-3-5-8-16/h3-5,7-8,17-18H,2,6,9-15H2,1H3. The zero-order valence-corrected chi connectivity index (χ0v) is 13.5. The molecular weight excluding hydrogens is 264 g/mol. The van der Waals surface area contributed by atoms with E-state index in [1.807, 2.05) is 0 Å². The fourth-order valence-electron chi connectivity index (χ4n) is 2.91. The Morgan fingerprint density at radius 1 is 1.20 bits per heavy atom. The van der Waals surface area contributed by atoms with Crippen molar-refractivity contribution >= 4 is 11.8 Å². The van der Waals surface area contributed by atoms with E-state index in [1.54, 1.807) is 0 Å². The molecule has 1 atom stereocenters. The largest absolute Gasteiger partial charge is 0.317 e. The molecule has 1 N–H and O–H groups in total. The van der Waals surface area contributed by atoms with Gasteiger partial charge in [0.2, 0.25) is 0 Å². The van der Waals surface area contributed by atoms with Crippen LogP contribution in [0, 0.1) is 0 Å². The van der Waals surface area contributed by atoms with E-state index in [-0.39, 0.29) is 0 Å². The summed E-state index contributed by atoms with van der Waals surface area (Å²) in [5.41, 5.74) is 1.44. The lowest BCUT2D eigenvalue weighted by molar-refractivity contribution is 0.203. The molecule has 0 bridgehead atoms. The summed E-state index contributed by atoms with van der Waals surface area (Å²) in [6.07, 6.45) is 4.01. The Bertz CT molecular complexity index is 347. The number of hydrogen-bond donors (Lipinski definition) is 1. The van der Waals surface area contributed by atoms with Gasteiger partial charge in [-0.1, -0.05) is 37.3 Å². The van der Waals surface area contributed by atoms with Gasteiger partial charge in [0.05, 0.1) is 0 Å². The second-order valence-corrected chi connectivity index (χ2v) is 6.61. The van der Waals surface area contributed by atoms with Crippen molar-refractivity contribution in [1.82, 2.24) is 10.2 Å². The summed E-state index contributed by atoms with van der Waals surface area (Å²) < 4.78 is 0. The van der Waals surface area contributed by atoms with E-state index in [2.05, 4.69) is 59.2 Å². The zero-order valence-electron chi connectivity index (χ0n) is 12.7. The summed E-state index contributed by atoms with van der Waals surface area (Å²) in [7, 11) is 0. The number of thioether (sulfide) groups is 1. The van der Waals surface area contributed by atoms with Crippen molar-refractivity contribution in [2.45, 2.75) is 38.0 Å². The van der Waals surface area contributed by atoms with Crippen LogP contribution in [0.25, 0.3) is 0 Å². The van der Waals surface area contributed by atoms with Crippen molar-refractivity contribution in [3.63, 3.8) is 0 Å². The Labute approximate surface area is 128 Å². The SMILES string of the molecule is CCN(CCSCc1ccccc1)C1CCCNCC1. The van der Waals surface area contributed by atoms with Crippen LogP contribution >= 0.6 is 11.8 Å². The van der Waals surface area contributed by atoms with Crippen LogP contribution in [0.5, 0.6) is 0 Å². The molecule has 0 amide bonds. The first-order chi connectivity index (χ1) is 9.90. The Hall–Kier alpha value is -0.510. The summed E-state index contributed by atoms with van der Waals surface area (Å²) in [5, 5.41) is 3.51. The molecule has 0 spiro atoms. The lowest BCUT2D eigenvalue weighted by atomic mass is 10.1. The van der Waals surface area contributed by atoms with Gasteiger partial charge in [-0.2, -0.15) is 11.8 Å². The second kappa shape index (κ2) is 9.43. The average Bonchev–Trinajstić information content (AvgIpc) is 2.78. The maximum Gasteiger partial charge on any atom is 0.0185 e. The zero-order chi connectivity index (χ0) is 14.0. The maximum atomic E-state index is 3.51. The van der Waals surface area contributed by atoms with Crippen LogP contribution in [0.1, 0.15) is 31.7 Å². The van der Waals surface area contributed by atoms with Crippen LogP contribution in [-0.4, -0.2) is 42.9 Å². The fourth-order valence-corrected chi connectivity index (χ4v) is 3.85. The average molecular weight is 292 g/mol. The van der Waals surface area contributed by atoms with Gasteiger partial charge in [-0.3, -0.25) is 4.90 Å². The molecule has 3 heteroatoms. The minimum absolute atomic E-state index is 0.798. The molecule has 1 aliphatic heterocycles. The third-order valence-electron chi connectivity index (χ3n) is 4.10. The van der Waals surface area contributed by atoms with E-state index in [1.165, 1.54) is 56.8 Å². The van der Waals surface area contributed by atoms with Gasteiger partial charge in [-0.15, -0.1) is 0 Å². The predicted molar refractivity (Wildman–Crippen MR) is 90.4 cm³/mol. The molecule has 1 fully saturated rings. The van der Waals surface area contributed by atoms with Gasteiger partial charge in [-0.05, 0) is 44.5 Å². The smallest absolute Gasteiger partial charge is 0.0185 e. The molecule has 2 rings (SSSR count). The van der Waals surface area contributed by atoms with Gasteiger partial charge in [0, 0.05) is 24.1 Å². The van der Waals surface area contributed by atoms with Crippen LogP contribution in [0.4, 0.5) is 0 Å². The van der Waals surface area contributed by atoms with E-state index in [9.17, 15) is 0 Å². The lowest BCUT2D eigenvalue weighted by Gasteiger charge is -2.29. The molecule has 1 aromatic carbocycles. The molecular formula is C17H28N2S. The molecule has 0 saturated carbocycles. The summed E-state index contributed by atoms with van der Waals surface area (Å²) in [5.74, 6) is 2.39. The highest BCUT2D eigenvalue weighted by molar-refractivity contribution is 7.98. The lowest BCUT2D eigenvalue weighted by Crippen LogP contribution is -2.37. The molecule has 20 heavy (non-hydrogen) atoms. The van der Waals surface area contributed by atoms with Gasteiger partial charge in [0.25, 0.3) is 0 Å². The predicted octanol–water partition coefficient (Wildman–Crippen LogP) is 3.38. The van der Waals surface area contributed by atoms with Gasteiger partial charge in [-0.25, -0.2) is 0 Å². The topological polar surface area (TPSA) is 15.3 Å². The van der Waals surface area contributed by atoms with Gasteiger partial charge in [0.1, 0.15) is 0 Å². The highest BCUT2D eigenvalue weighted by Gasteiger charge is 2.17. The van der Waals surface area contributed by atoms with Crippen molar-refractivity contribution in [3.05, 3.63) is 35.9 Å². The Morgan fingerprint density at radius 2 is 2.05 bits per heavy atom. The van der Waals surface area contributed by atoms with Crippen LogP contribution in [0.3, 0.4) is 0 Å². The minimum atomic E-state index is 0.798. The van der Waals surface area contributed by atoms with Crippen molar-refractivity contribution in [3.8, 4) is 0 Å². The van der Waals surface area contributed by atoms with E-state index in [4.69, 9.17) is 0 Å². The molecule has 1 aliphatic rings. The fraction of sp³-hybridized carbons (Fsp3) is 0.647. The van der Waals surface area contributed by atoms with Crippen molar-refractivity contribution < 1.29 is 0 Å². The molecule has 0 aromatic heterocycles. The van der Waals surface area contributed by atoms with E-state index in [0.717, 1.165) is 11.8 Å². The highest BCUT2D eigenvalue weighted by Crippen LogP contribution is 2.16. The molecule has 2 nitrogen and oxygen atoms in total. The number of benzene rings is 1. The molecule has 1 saturated heterocycles. The third kappa shape index (κ3) is 5.47. The van der Waals surface area contributed by atoms with E-state index >= 15 is 0 Å². The van der Waals surface area contributed by atoms with Crippen molar-refractivity contribution in [2.75, 3.05) is 31.9 Å². The first-order valence-electron chi connectivity index (χ1n) is 7.96. The Morgan fingerprint density at radius 3 is 2.85 bits per heavy atom. The van der Waals surface area contributed by atoms with Crippen LogP contribution in [0.2, 0.25) is 0 Å².